The molecule has 1 heterocycles. The van der Waals surface area contributed by atoms with E-state index in [1.54, 1.807) is 6.08 Å². The molecule has 6 heteroatoms. The molecule has 0 aromatic heterocycles. The van der Waals surface area contributed by atoms with Gasteiger partial charge in [-0.05, 0) is 98.5 Å². The van der Waals surface area contributed by atoms with Crippen molar-refractivity contribution in [2.45, 2.75) is 142 Å². The molecule has 1 aliphatic heterocycles. The number of hydrogen-bond donors (Lipinski definition) is 2. The van der Waals surface area contributed by atoms with E-state index in [4.69, 9.17) is 9.47 Å². The highest BCUT2D eigenvalue weighted by atomic mass is 16.5. The maximum Gasteiger partial charge on any atom is 0.331 e. The zero-order valence-corrected chi connectivity index (χ0v) is 29.9. The van der Waals surface area contributed by atoms with Gasteiger partial charge in [-0.3, -0.25) is 4.79 Å². The molecule has 6 nitrogen and oxygen atoms in total. The Kier molecular flexibility index (Phi) is 10.4. The molecular weight excluding hydrogens is 600 g/mol. The zero-order valence-electron chi connectivity index (χ0n) is 29.9. The number of allylic oxidation sites excluding steroid dienone is 1. The summed E-state index contributed by atoms with van der Waals surface area (Å²) >= 11 is 0. The lowest BCUT2D eigenvalue weighted by Gasteiger charge is -2.74. The van der Waals surface area contributed by atoms with Gasteiger partial charge in [0.05, 0.1) is 11.7 Å². The number of esters is 2. The van der Waals surface area contributed by atoms with Crippen molar-refractivity contribution in [1.29, 1.82) is 0 Å². The van der Waals surface area contributed by atoms with Crippen LogP contribution in [-0.2, 0) is 25.5 Å². The molecule has 0 amide bonds. The van der Waals surface area contributed by atoms with Crippen LogP contribution >= 0.6 is 0 Å². The second-order valence-corrected chi connectivity index (χ2v) is 16.9. The van der Waals surface area contributed by atoms with Crippen LogP contribution in [0.4, 0.5) is 0 Å². The second-order valence-electron chi connectivity index (χ2n) is 16.9. The van der Waals surface area contributed by atoms with Crippen LogP contribution in [-0.4, -0.2) is 46.6 Å². The smallest absolute Gasteiger partial charge is 0.331 e. The number of aryl methyl sites for hydroxylation is 1. The molecule has 6 rings (SSSR count). The van der Waals surface area contributed by atoms with Crippen molar-refractivity contribution in [3.05, 3.63) is 59.7 Å². The minimum atomic E-state index is -1.26. The van der Waals surface area contributed by atoms with E-state index in [-0.39, 0.29) is 41.9 Å². The Morgan fingerprint density at radius 3 is 2.50 bits per heavy atom. The zero-order chi connectivity index (χ0) is 34.2. The van der Waals surface area contributed by atoms with Crippen molar-refractivity contribution < 1.29 is 29.3 Å². The largest absolute Gasteiger partial charge is 0.462 e. The van der Waals surface area contributed by atoms with Crippen LogP contribution in [0.5, 0.6) is 0 Å². The molecule has 0 unspecified atom stereocenters. The van der Waals surface area contributed by atoms with E-state index in [1.165, 1.54) is 31.7 Å². The number of aliphatic hydroxyl groups is 2. The normalized spacial score (nSPS) is 38.5. The second kappa shape index (κ2) is 14.1. The maximum atomic E-state index is 13.7. The molecule has 1 spiro atoms. The van der Waals surface area contributed by atoms with E-state index in [9.17, 15) is 19.8 Å². The molecule has 3 saturated carbocycles. The molecule has 1 aromatic carbocycles. The molecular formula is C42H60O6. The number of cyclic esters (lactones) is 1. The summed E-state index contributed by atoms with van der Waals surface area (Å²) in [5.74, 6) is 0.108. The first-order valence-electron chi connectivity index (χ1n) is 19.1. The fourth-order valence-corrected chi connectivity index (χ4v) is 11.7. The van der Waals surface area contributed by atoms with E-state index in [2.05, 4.69) is 63.3 Å². The van der Waals surface area contributed by atoms with Crippen molar-refractivity contribution in [2.24, 2.45) is 39.9 Å². The molecule has 4 aliphatic carbocycles. The predicted molar refractivity (Wildman–Crippen MR) is 188 cm³/mol. The predicted octanol–water partition coefficient (Wildman–Crippen LogP) is 8.29. The molecule has 1 aromatic rings. The van der Waals surface area contributed by atoms with Gasteiger partial charge in [-0.1, -0.05) is 95.4 Å². The molecule has 48 heavy (non-hydrogen) atoms. The molecule has 0 radical (unpaired) electrons. The summed E-state index contributed by atoms with van der Waals surface area (Å²) in [6.07, 6.45) is 19.2. The summed E-state index contributed by atoms with van der Waals surface area (Å²) in [4.78, 5) is 24.9. The van der Waals surface area contributed by atoms with Gasteiger partial charge in [-0.15, -0.1) is 0 Å². The number of ether oxygens (including phenoxy) is 2. The lowest BCUT2D eigenvalue weighted by molar-refractivity contribution is -0.332. The molecule has 9 atom stereocenters. The first kappa shape index (κ1) is 35.4. The molecule has 3 fully saturated rings. The van der Waals surface area contributed by atoms with Crippen molar-refractivity contribution in [2.75, 3.05) is 6.61 Å². The standard InChI is InChI=1S/C42H60O6/c1-29(12-11-15-31-13-7-5-8-14-31)18-19-34-21-23-39(3)27-35(48-30(2)43)38-40(4,33-16-9-6-10-17-33)24-22-36(44)42(34,38)41(39,46)25-20-32-26-37(45)47-28-32/h5,7-8,13-14,21,23,26,29,33-36,38,44,46H,6,9-12,15-20,22,24-25,27-28H2,1-4H3/t29-,34-,35-,36+,38+,39+,40+,41-,42+/m1/s1. The Morgan fingerprint density at radius 2 is 1.81 bits per heavy atom. The highest BCUT2D eigenvalue weighted by Crippen LogP contribution is 2.74. The summed E-state index contributed by atoms with van der Waals surface area (Å²) in [7, 11) is 0. The van der Waals surface area contributed by atoms with E-state index >= 15 is 0 Å². The van der Waals surface area contributed by atoms with Crippen LogP contribution in [0.25, 0.3) is 0 Å². The Morgan fingerprint density at radius 1 is 1.06 bits per heavy atom. The van der Waals surface area contributed by atoms with Crippen LogP contribution in [0.2, 0.25) is 0 Å². The van der Waals surface area contributed by atoms with Crippen molar-refractivity contribution >= 4 is 11.9 Å². The number of fused-ring (bicyclic) bond motifs is 1. The fraction of sp³-hybridized carbons (Fsp3) is 0.714. The first-order chi connectivity index (χ1) is 22.9. The molecule has 2 N–H and O–H groups in total. The van der Waals surface area contributed by atoms with Gasteiger partial charge in [0.2, 0.25) is 0 Å². The minimum absolute atomic E-state index is 0.0656. The monoisotopic (exact) mass is 660 g/mol. The SMILES string of the molecule is CC(=O)O[C@@H]1C[C@]2(C)C=C[C@@H](CC[C@H](C)CCCc3ccccc3)[C@]3([C@@H]1[C@](C)(C1CCCCC1)CC[C@@H]3O)[C@@]2(O)CCC1=CC(=O)OC1. The van der Waals surface area contributed by atoms with Gasteiger partial charge < -0.3 is 19.7 Å². The molecule has 5 aliphatic rings. The van der Waals surface area contributed by atoms with Crippen LogP contribution in [0, 0.1) is 39.9 Å². The number of rotatable bonds is 12. The summed E-state index contributed by atoms with van der Waals surface area (Å²) in [6, 6.07) is 10.7. The van der Waals surface area contributed by atoms with Crippen LogP contribution in [0.3, 0.4) is 0 Å². The third-order valence-electron chi connectivity index (χ3n) is 14.1. The summed E-state index contributed by atoms with van der Waals surface area (Å²) in [6.45, 7) is 8.65. The fourth-order valence-electron chi connectivity index (χ4n) is 11.7. The molecule has 0 saturated heterocycles. The third-order valence-corrected chi connectivity index (χ3v) is 14.1. The number of aliphatic hydroxyl groups excluding tert-OH is 1. The third kappa shape index (κ3) is 6.23. The highest BCUT2D eigenvalue weighted by molar-refractivity contribution is 5.85. The number of hydrogen-bond acceptors (Lipinski definition) is 6. The Balaban J connectivity index is 1.38. The minimum Gasteiger partial charge on any atom is -0.462 e. The summed E-state index contributed by atoms with van der Waals surface area (Å²) < 4.78 is 11.6. The van der Waals surface area contributed by atoms with E-state index in [1.807, 2.05) is 0 Å². The number of benzene rings is 1. The van der Waals surface area contributed by atoms with Crippen molar-refractivity contribution in [3.63, 3.8) is 0 Å². The Labute approximate surface area is 288 Å². The van der Waals surface area contributed by atoms with Gasteiger partial charge in [0, 0.05) is 29.7 Å². The number of carbonyl (C=O) groups excluding carboxylic acids is 2. The van der Waals surface area contributed by atoms with Gasteiger partial charge in [-0.25, -0.2) is 4.79 Å². The molecule has 2 bridgehead atoms. The van der Waals surface area contributed by atoms with Crippen LogP contribution in [0.1, 0.15) is 123 Å². The molecule has 264 valence electrons. The number of carbonyl (C=O) groups is 2. The van der Waals surface area contributed by atoms with Gasteiger partial charge in [0.15, 0.2) is 0 Å². The van der Waals surface area contributed by atoms with E-state index < -0.39 is 22.5 Å². The summed E-state index contributed by atoms with van der Waals surface area (Å²) in [5, 5.41) is 26.3. The van der Waals surface area contributed by atoms with Gasteiger partial charge >= 0.3 is 11.9 Å². The van der Waals surface area contributed by atoms with Crippen molar-refractivity contribution in [1.82, 2.24) is 0 Å². The van der Waals surface area contributed by atoms with E-state index in [0.717, 1.165) is 56.9 Å². The topological polar surface area (TPSA) is 93.1 Å². The lowest BCUT2D eigenvalue weighted by Crippen LogP contribution is -2.79. The highest BCUT2D eigenvalue weighted by Gasteiger charge is 2.77. The quantitative estimate of drug-likeness (QED) is 0.173. The summed E-state index contributed by atoms with van der Waals surface area (Å²) in [5.41, 5.74) is -0.783. The van der Waals surface area contributed by atoms with Gasteiger partial charge in [0.25, 0.3) is 0 Å². The van der Waals surface area contributed by atoms with Crippen molar-refractivity contribution in [3.8, 4) is 0 Å². The Hall–Kier alpha value is -2.44. The van der Waals surface area contributed by atoms with Crippen LogP contribution in [0.15, 0.2) is 54.1 Å². The average molecular weight is 661 g/mol. The van der Waals surface area contributed by atoms with Gasteiger partial charge in [-0.2, -0.15) is 0 Å². The average Bonchev–Trinajstić information content (AvgIpc) is 3.49. The van der Waals surface area contributed by atoms with Gasteiger partial charge in [0.1, 0.15) is 12.7 Å². The van der Waals surface area contributed by atoms with Crippen LogP contribution < -0.4 is 0 Å². The lowest BCUT2D eigenvalue weighted by atomic mass is 9.32. The first-order valence-corrected chi connectivity index (χ1v) is 19.1. The maximum absolute atomic E-state index is 13.7. The van der Waals surface area contributed by atoms with E-state index in [0.29, 0.717) is 37.5 Å². The Bertz CT molecular complexity index is 1360.